The van der Waals surface area contributed by atoms with Gasteiger partial charge in [0.2, 0.25) is 10.0 Å². The highest BCUT2D eigenvalue weighted by Crippen LogP contribution is 2.11. The molecule has 1 saturated heterocycles. The van der Waals surface area contributed by atoms with E-state index in [1.807, 2.05) is 0 Å². The Hall–Kier alpha value is -1.55. The van der Waals surface area contributed by atoms with Gasteiger partial charge in [0.15, 0.2) is 5.96 Å². The second kappa shape index (κ2) is 10.3. The fourth-order valence-electron chi connectivity index (χ4n) is 2.30. The van der Waals surface area contributed by atoms with E-state index in [2.05, 4.69) is 20.3 Å². The molecule has 0 saturated carbocycles. The van der Waals surface area contributed by atoms with Gasteiger partial charge < -0.3 is 20.3 Å². The van der Waals surface area contributed by atoms with Crippen LogP contribution in [0, 0.1) is 0 Å². The lowest BCUT2D eigenvalue weighted by Crippen LogP contribution is -2.50. The molecule has 9 nitrogen and oxygen atoms in total. The lowest BCUT2D eigenvalue weighted by molar-refractivity contribution is 0.0963. The molecule has 140 valence electrons. The quantitative estimate of drug-likeness (QED) is 0.326. The van der Waals surface area contributed by atoms with Gasteiger partial charge in [-0.25, -0.2) is 17.9 Å². The summed E-state index contributed by atoms with van der Waals surface area (Å²) in [5, 5.41) is 6.37. The molecule has 0 aromatic carbocycles. The first-order valence-electron chi connectivity index (χ1n) is 8.28. The van der Waals surface area contributed by atoms with Gasteiger partial charge in [-0.2, -0.15) is 0 Å². The zero-order chi connectivity index (χ0) is 18.0. The molecule has 0 aromatic rings. The van der Waals surface area contributed by atoms with Crippen molar-refractivity contribution in [2.75, 3.05) is 45.6 Å². The minimum Gasteiger partial charge on any atom is -0.450 e. The maximum atomic E-state index is 11.7. The highest BCUT2D eigenvalue weighted by Gasteiger charge is 2.23. The molecule has 0 radical (unpaired) electrons. The summed E-state index contributed by atoms with van der Waals surface area (Å²) in [6, 6.07) is 0.217. The lowest BCUT2D eigenvalue weighted by Gasteiger charge is -2.32. The molecule has 0 aromatic heterocycles. The number of aliphatic imine (C=N–C) groups is 1. The number of carbonyl (C=O) groups excluding carboxylic acids is 1. The number of hydrogen-bond donors (Lipinski definition) is 3. The number of hydrogen-bond acceptors (Lipinski definition) is 5. The Bertz CT molecular complexity index is 515. The summed E-state index contributed by atoms with van der Waals surface area (Å²) in [6.07, 6.45) is 1.35. The fourth-order valence-corrected chi connectivity index (χ4v) is 2.92. The molecular formula is C14H29N5O4S. The second-order valence-corrected chi connectivity index (χ2v) is 7.50. The highest BCUT2D eigenvalue weighted by atomic mass is 32.2. The predicted octanol–water partition coefficient (Wildman–Crippen LogP) is -0.288. The number of ether oxygens (including phenoxy) is 1. The second-order valence-electron chi connectivity index (χ2n) is 5.40. The van der Waals surface area contributed by atoms with Crippen LogP contribution >= 0.6 is 0 Å². The van der Waals surface area contributed by atoms with Gasteiger partial charge in [0.1, 0.15) is 0 Å². The van der Waals surface area contributed by atoms with E-state index >= 15 is 0 Å². The highest BCUT2D eigenvalue weighted by molar-refractivity contribution is 7.89. The Labute approximate surface area is 144 Å². The minimum absolute atomic E-state index is 0.0685. The Balaban J connectivity index is 2.28. The molecule has 0 spiro atoms. The van der Waals surface area contributed by atoms with Gasteiger partial charge in [-0.15, -0.1) is 0 Å². The molecule has 1 heterocycles. The number of likely N-dealkylation sites (tertiary alicyclic amines) is 1. The summed E-state index contributed by atoms with van der Waals surface area (Å²) >= 11 is 0. The predicted molar refractivity (Wildman–Crippen MR) is 93.6 cm³/mol. The third-order valence-electron chi connectivity index (χ3n) is 3.70. The van der Waals surface area contributed by atoms with E-state index in [1.165, 1.54) is 0 Å². The fraction of sp³-hybridized carbons (Fsp3) is 0.857. The van der Waals surface area contributed by atoms with Crippen LogP contribution in [0.5, 0.6) is 0 Å². The summed E-state index contributed by atoms with van der Waals surface area (Å²) in [6.45, 7) is 5.81. The van der Waals surface area contributed by atoms with Crippen LogP contribution < -0.4 is 15.4 Å². The van der Waals surface area contributed by atoms with Gasteiger partial charge in [0.25, 0.3) is 0 Å². The first-order chi connectivity index (χ1) is 11.4. The van der Waals surface area contributed by atoms with Crippen molar-refractivity contribution in [3.05, 3.63) is 0 Å². The molecule has 1 aliphatic heterocycles. The molecule has 1 rings (SSSR count). The van der Waals surface area contributed by atoms with Crippen molar-refractivity contribution in [1.82, 2.24) is 20.3 Å². The van der Waals surface area contributed by atoms with Crippen LogP contribution in [-0.4, -0.2) is 77.0 Å². The van der Waals surface area contributed by atoms with Crippen molar-refractivity contribution in [2.24, 2.45) is 4.99 Å². The van der Waals surface area contributed by atoms with Crippen LogP contribution in [0.3, 0.4) is 0 Å². The van der Waals surface area contributed by atoms with E-state index in [0.29, 0.717) is 38.7 Å². The third kappa shape index (κ3) is 7.35. The van der Waals surface area contributed by atoms with Crippen LogP contribution in [0.1, 0.15) is 26.7 Å². The zero-order valence-corrected chi connectivity index (χ0v) is 15.5. The largest absolute Gasteiger partial charge is 0.450 e. The van der Waals surface area contributed by atoms with Crippen LogP contribution in [0.15, 0.2) is 4.99 Å². The van der Waals surface area contributed by atoms with Gasteiger partial charge in [-0.1, -0.05) is 0 Å². The molecule has 0 aliphatic carbocycles. The van der Waals surface area contributed by atoms with Crippen LogP contribution in [-0.2, 0) is 14.8 Å². The molecule has 1 aliphatic rings. The first-order valence-corrected chi connectivity index (χ1v) is 9.93. The maximum absolute atomic E-state index is 11.7. The van der Waals surface area contributed by atoms with Crippen LogP contribution in [0.25, 0.3) is 0 Å². The molecule has 1 fully saturated rings. The number of rotatable bonds is 7. The average Bonchev–Trinajstić information content (AvgIpc) is 2.58. The number of nitrogens with zero attached hydrogens (tertiary/aromatic N) is 2. The number of nitrogens with one attached hydrogen (secondary N) is 3. The lowest BCUT2D eigenvalue weighted by atomic mass is 10.1. The van der Waals surface area contributed by atoms with Gasteiger partial charge in [0.05, 0.1) is 12.4 Å². The standard InChI is InChI=1S/C14H29N5O4S/c1-4-23-14(20)19-10-6-12(7-11-19)18-13(15-3)16-8-9-17-24(21,22)5-2/h12,17H,4-11H2,1-3H3,(H2,15,16,18). The zero-order valence-electron chi connectivity index (χ0n) is 14.7. The molecule has 1 amide bonds. The van der Waals surface area contributed by atoms with Crippen molar-refractivity contribution < 1.29 is 17.9 Å². The van der Waals surface area contributed by atoms with Crippen molar-refractivity contribution in [2.45, 2.75) is 32.7 Å². The van der Waals surface area contributed by atoms with E-state index in [-0.39, 0.29) is 17.9 Å². The minimum atomic E-state index is -3.17. The summed E-state index contributed by atoms with van der Waals surface area (Å²) < 4.78 is 30.2. The summed E-state index contributed by atoms with van der Waals surface area (Å²) in [7, 11) is -1.50. The van der Waals surface area contributed by atoms with Crippen molar-refractivity contribution in [1.29, 1.82) is 0 Å². The van der Waals surface area contributed by atoms with E-state index in [4.69, 9.17) is 4.74 Å². The Morgan fingerprint density at radius 1 is 1.25 bits per heavy atom. The molecule has 0 atom stereocenters. The summed E-state index contributed by atoms with van der Waals surface area (Å²) in [4.78, 5) is 17.5. The van der Waals surface area contributed by atoms with E-state index in [0.717, 1.165) is 12.8 Å². The van der Waals surface area contributed by atoms with Crippen LogP contribution in [0.4, 0.5) is 4.79 Å². The number of piperidine rings is 1. The molecule has 10 heteroatoms. The molecular weight excluding hydrogens is 334 g/mol. The molecule has 0 unspecified atom stereocenters. The normalized spacial score (nSPS) is 16.8. The Morgan fingerprint density at radius 3 is 2.46 bits per heavy atom. The van der Waals surface area contributed by atoms with Gasteiger partial charge in [-0.3, -0.25) is 4.99 Å². The van der Waals surface area contributed by atoms with Crippen molar-refractivity contribution in [3.63, 3.8) is 0 Å². The monoisotopic (exact) mass is 363 g/mol. The van der Waals surface area contributed by atoms with Crippen molar-refractivity contribution >= 4 is 22.1 Å². The molecule has 0 bridgehead atoms. The van der Waals surface area contributed by atoms with E-state index in [9.17, 15) is 13.2 Å². The van der Waals surface area contributed by atoms with E-state index < -0.39 is 10.0 Å². The third-order valence-corrected chi connectivity index (χ3v) is 5.11. The first kappa shape index (κ1) is 20.5. The molecule has 24 heavy (non-hydrogen) atoms. The molecule has 3 N–H and O–H groups in total. The van der Waals surface area contributed by atoms with Gasteiger partial charge >= 0.3 is 6.09 Å². The topological polar surface area (TPSA) is 112 Å². The number of amides is 1. The maximum Gasteiger partial charge on any atom is 0.409 e. The van der Waals surface area contributed by atoms with Gasteiger partial charge in [-0.05, 0) is 26.7 Å². The summed E-state index contributed by atoms with van der Waals surface area (Å²) in [5.41, 5.74) is 0. The summed E-state index contributed by atoms with van der Waals surface area (Å²) in [5.74, 6) is 0.694. The van der Waals surface area contributed by atoms with Crippen molar-refractivity contribution in [3.8, 4) is 0 Å². The van der Waals surface area contributed by atoms with E-state index in [1.54, 1.807) is 25.8 Å². The smallest absolute Gasteiger partial charge is 0.409 e. The number of guanidine groups is 1. The Morgan fingerprint density at radius 2 is 1.92 bits per heavy atom. The van der Waals surface area contributed by atoms with Gasteiger partial charge in [0, 0.05) is 39.3 Å². The number of carbonyl (C=O) groups is 1. The number of sulfonamides is 1. The average molecular weight is 363 g/mol. The SMILES string of the molecule is CCOC(=O)N1CCC(NC(=NC)NCCNS(=O)(=O)CC)CC1. The van der Waals surface area contributed by atoms with Crippen LogP contribution in [0.2, 0.25) is 0 Å². The Kier molecular flexibility index (Phi) is 8.83.